The lowest BCUT2D eigenvalue weighted by molar-refractivity contribution is -0.385. The molecule has 1 aliphatic rings. The molecule has 2 heterocycles. The topological polar surface area (TPSA) is 76.3 Å². The highest BCUT2D eigenvalue weighted by Gasteiger charge is 2.25. The number of carbonyl (C=O) groups excluding carboxylic acids is 1. The van der Waals surface area contributed by atoms with Crippen molar-refractivity contribution in [1.82, 2.24) is 4.98 Å². The molecule has 1 aliphatic heterocycles. The Bertz CT molecular complexity index is 444. The number of anilines is 1. The Labute approximate surface area is 85.7 Å². The van der Waals surface area contributed by atoms with Crippen molar-refractivity contribution in [2.24, 2.45) is 0 Å². The first-order valence-corrected chi connectivity index (χ1v) is 4.51. The fourth-order valence-corrected chi connectivity index (χ4v) is 1.66. The molecule has 6 nitrogen and oxygen atoms in total. The summed E-state index contributed by atoms with van der Waals surface area (Å²) in [4.78, 5) is 26.7. The van der Waals surface area contributed by atoms with Crippen LogP contribution in [0.5, 0.6) is 0 Å². The molecule has 0 unspecified atom stereocenters. The quantitative estimate of drug-likeness (QED) is 0.506. The van der Waals surface area contributed by atoms with E-state index in [0.717, 1.165) is 5.56 Å². The first-order chi connectivity index (χ1) is 7.09. The Morgan fingerprint density at radius 3 is 3.00 bits per heavy atom. The zero-order chi connectivity index (χ0) is 11.0. The minimum atomic E-state index is -0.482. The van der Waals surface area contributed by atoms with Crippen LogP contribution < -0.4 is 4.90 Å². The van der Waals surface area contributed by atoms with E-state index in [4.69, 9.17) is 0 Å². The summed E-state index contributed by atoms with van der Waals surface area (Å²) in [5.41, 5.74) is 0.735. The van der Waals surface area contributed by atoms with Gasteiger partial charge in [0.25, 0.3) is 5.69 Å². The van der Waals surface area contributed by atoms with Crippen LogP contribution in [0, 0.1) is 10.1 Å². The summed E-state index contributed by atoms with van der Waals surface area (Å²) >= 11 is 0. The number of pyridine rings is 1. The second kappa shape index (κ2) is 3.30. The lowest BCUT2D eigenvalue weighted by Gasteiger charge is -2.12. The zero-order valence-corrected chi connectivity index (χ0v) is 8.14. The van der Waals surface area contributed by atoms with Crippen LogP contribution in [-0.2, 0) is 11.2 Å². The van der Waals surface area contributed by atoms with Crippen molar-refractivity contribution in [3.8, 4) is 0 Å². The average molecular weight is 207 g/mol. The summed E-state index contributed by atoms with van der Waals surface area (Å²) in [5, 5.41) is 10.5. The molecule has 6 heteroatoms. The number of rotatable bonds is 1. The maximum absolute atomic E-state index is 11.2. The molecule has 0 N–H and O–H groups in total. The van der Waals surface area contributed by atoms with Crippen LogP contribution in [0.1, 0.15) is 12.5 Å². The number of hydrogen-bond acceptors (Lipinski definition) is 4. The van der Waals surface area contributed by atoms with E-state index in [-0.39, 0.29) is 11.6 Å². The number of nitro groups is 1. The smallest absolute Gasteiger partial charge is 0.288 e. The Balaban J connectivity index is 2.42. The van der Waals surface area contributed by atoms with Crippen molar-refractivity contribution in [2.75, 3.05) is 11.4 Å². The standard InChI is InChI=1S/C9H9N3O3/c1-6(13)11-3-2-7-4-8(12(14)15)5-10-9(7)11/h4-5H,2-3H2,1H3. The summed E-state index contributed by atoms with van der Waals surface area (Å²) in [7, 11) is 0. The van der Waals surface area contributed by atoms with Crippen LogP contribution in [0.2, 0.25) is 0 Å². The van der Waals surface area contributed by atoms with E-state index in [9.17, 15) is 14.9 Å². The van der Waals surface area contributed by atoms with Gasteiger partial charge in [-0.15, -0.1) is 0 Å². The average Bonchev–Trinajstić information content (AvgIpc) is 2.59. The van der Waals surface area contributed by atoms with Gasteiger partial charge >= 0.3 is 0 Å². The van der Waals surface area contributed by atoms with Crippen LogP contribution >= 0.6 is 0 Å². The number of fused-ring (bicyclic) bond motifs is 1. The molecule has 0 fully saturated rings. The Morgan fingerprint density at radius 2 is 2.40 bits per heavy atom. The minimum absolute atomic E-state index is 0.0286. The van der Waals surface area contributed by atoms with Gasteiger partial charge in [0.15, 0.2) is 0 Å². The van der Waals surface area contributed by atoms with Crippen LogP contribution in [0.25, 0.3) is 0 Å². The molecule has 0 spiro atoms. The van der Waals surface area contributed by atoms with Gasteiger partial charge in [-0.2, -0.15) is 0 Å². The van der Waals surface area contributed by atoms with Crippen molar-refractivity contribution in [3.63, 3.8) is 0 Å². The van der Waals surface area contributed by atoms with Gasteiger partial charge in [0, 0.05) is 25.1 Å². The molecular weight excluding hydrogens is 198 g/mol. The minimum Gasteiger partial charge on any atom is -0.297 e. The van der Waals surface area contributed by atoms with Gasteiger partial charge in [0.05, 0.1) is 4.92 Å². The van der Waals surface area contributed by atoms with Crippen molar-refractivity contribution >= 4 is 17.4 Å². The van der Waals surface area contributed by atoms with Crippen molar-refractivity contribution < 1.29 is 9.72 Å². The van der Waals surface area contributed by atoms with Crippen LogP contribution in [-0.4, -0.2) is 22.4 Å². The molecule has 0 bridgehead atoms. The zero-order valence-electron chi connectivity index (χ0n) is 8.14. The monoisotopic (exact) mass is 207 g/mol. The van der Waals surface area contributed by atoms with E-state index in [2.05, 4.69) is 4.98 Å². The molecule has 78 valence electrons. The number of carbonyl (C=O) groups is 1. The van der Waals surface area contributed by atoms with E-state index in [0.29, 0.717) is 18.8 Å². The molecule has 0 aromatic carbocycles. The maximum atomic E-state index is 11.2. The second-order valence-electron chi connectivity index (χ2n) is 3.35. The first-order valence-electron chi connectivity index (χ1n) is 4.51. The third-order valence-electron chi connectivity index (χ3n) is 2.38. The Kier molecular flexibility index (Phi) is 2.11. The molecule has 0 atom stereocenters. The summed E-state index contributed by atoms with van der Waals surface area (Å²) < 4.78 is 0. The molecule has 0 radical (unpaired) electrons. The lowest BCUT2D eigenvalue weighted by Crippen LogP contribution is -2.26. The van der Waals surface area contributed by atoms with E-state index in [1.807, 2.05) is 0 Å². The summed E-state index contributed by atoms with van der Waals surface area (Å²) in [5.74, 6) is 0.461. The van der Waals surface area contributed by atoms with Crippen LogP contribution in [0.15, 0.2) is 12.3 Å². The number of amides is 1. The van der Waals surface area contributed by atoms with Gasteiger partial charge in [0.2, 0.25) is 5.91 Å². The number of aromatic nitrogens is 1. The molecule has 15 heavy (non-hydrogen) atoms. The molecule has 0 aliphatic carbocycles. The van der Waals surface area contributed by atoms with E-state index in [1.54, 1.807) is 0 Å². The van der Waals surface area contributed by atoms with Gasteiger partial charge in [-0.3, -0.25) is 19.8 Å². The SMILES string of the molecule is CC(=O)N1CCc2cc([N+](=O)[O-])cnc21. The largest absolute Gasteiger partial charge is 0.297 e. The predicted molar refractivity (Wildman–Crippen MR) is 52.6 cm³/mol. The molecule has 2 rings (SSSR count). The summed E-state index contributed by atoms with van der Waals surface area (Å²) in [6.07, 6.45) is 1.81. The molecule has 0 saturated carbocycles. The van der Waals surface area contributed by atoms with E-state index >= 15 is 0 Å². The third-order valence-corrected chi connectivity index (χ3v) is 2.38. The van der Waals surface area contributed by atoms with Gasteiger partial charge < -0.3 is 0 Å². The Hall–Kier alpha value is -1.98. The number of hydrogen-bond donors (Lipinski definition) is 0. The highest BCUT2D eigenvalue weighted by Crippen LogP contribution is 2.28. The van der Waals surface area contributed by atoms with Crippen LogP contribution in [0.4, 0.5) is 11.5 Å². The van der Waals surface area contributed by atoms with E-state index in [1.165, 1.54) is 24.1 Å². The highest BCUT2D eigenvalue weighted by atomic mass is 16.6. The molecule has 0 saturated heterocycles. The maximum Gasteiger partial charge on any atom is 0.288 e. The van der Waals surface area contributed by atoms with Crippen molar-refractivity contribution in [2.45, 2.75) is 13.3 Å². The number of nitrogens with zero attached hydrogens (tertiary/aromatic N) is 3. The fourth-order valence-electron chi connectivity index (χ4n) is 1.66. The summed E-state index contributed by atoms with van der Waals surface area (Å²) in [6.45, 7) is 2.01. The van der Waals surface area contributed by atoms with E-state index < -0.39 is 4.92 Å². The van der Waals surface area contributed by atoms with Gasteiger partial charge in [-0.1, -0.05) is 0 Å². The third kappa shape index (κ3) is 1.54. The summed E-state index contributed by atoms with van der Waals surface area (Å²) in [6, 6.07) is 1.48. The fraction of sp³-hybridized carbons (Fsp3) is 0.333. The van der Waals surface area contributed by atoms with Crippen LogP contribution in [0.3, 0.4) is 0 Å². The Morgan fingerprint density at radius 1 is 1.67 bits per heavy atom. The van der Waals surface area contributed by atoms with Gasteiger partial charge in [0.1, 0.15) is 12.0 Å². The highest BCUT2D eigenvalue weighted by molar-refractivity contribution is 5.92. The van der Waals surface area contributed by atoms with Crippen molar-refractivity contribution in [3.05, 3.63) is 27.9 Å². The predicted octanol–water partition coefficient (Wildman–Crippen LogP) is 0.899. The normalized spacial score (nSPS) is 13.8. The molecule has 1 aromatic rings. The molecule has 1 amide bonds. The first kappa shape index (κ1) is 9.57. The van der Waals surface area contributed by atoms with Gasteiger partial charge in [-0.05, 0) is 6.42 Å². The lowest BCUT2D eigenvalue weighted by atomic mass is 10.2. The van der Waals surface area contributed by atoms with Crippen molar-refractivity contribution in [1.29, 1.82) is 0 Å². The molecular formula is C9H9N3O3. The second-order valence-corrected chi connectivity index (χ2v) is 3.35. The van der Waals surface area contributed by atoms with Gasteiger partial charge in [-0.25, -0.2) is 4.98 Å². The molecule has 1 aromatic heterocycles.